The van der Waals surface area contributed by atoms with E-state index in [1.54, 1.807) is 7.11 Å². The Morgan fingerprint density at radius 3 is 2.43 bits per heavy atom. The molecule has 4 heteroatoms. The van der Waals surface area contributed by atoms with Crippen LogP contribution in [0.2, 0.25) is 19.6 Å². The Kier molecular flexibility index (Phi) is 5.09. The van der Waals surface area contributed by atoms with E-state index in [0.29, 0.717) is 11.8 Å². The van der Waals surface area contributed by atoms with Gasteiger partial charge >= 0.3 is 0 Å². The van der Waals surface area contributed by atoms with Crippen LogP contribution in [0.4, 0.5) is 0 Å². The Hall–Kier alpha value is -1.29. The number of hydrogen-bond acceptors (Lipinski definition) is 3. The SMILES string of the molecule is COc1cc(C=NC2CCCCC2)c(O)c([Si](C)(C)C)c1. The number of aliphatic imine (C=N–C) groups is 1. The molecule has 1 aromatic carbocycles. The smallest absolute Gasteiger partial charge is 0.123 e. The first-order valence-electron chi connectivity index (χ1n) is 7.86. The van der Waals surface area contributed by atoms with Crippen molar-refractivity contribution in [3.63, 3.8) is 0 Å². The van der Waals surface area contributed by atoms with Crippen molar-refractivity contribution in [1.29, 1.82) is 0 Å². The van der Waals surface area contributed by atoms with Gasteiger partial charge in [-0.15, -0.1) is 0 Å². The van der Waals surface area contributed by atoms with Gasteiger partial charge in [-0.1, -0.05) is 38.9 Å². The fraction of sp³-hybridized carbons (Fsp3) is 0.588. The molecule has 1 aromatic rings. The summed E-state index contributed by atoms with van der Waals surface area (Å²) >= 11 is 0. The molecule has 116 valence electrons. The summed E-state index contributed by atoms with van der Waals surface area (Å²) < 4.78 is 5.39. The minimum Gasteiger partial charge on any atom is -0.507 e. The number of ether oxygens (including phenoxy) is 1. The van der Waals surface area contributed by atoms with Gasteiger partial charge in [0.2, 0.25) is 0 Å². The van der Waals surface area contributed by atoms with Crippen LogP contribution < -0.4 is 9.92 Å². The lowest BCUT2D eigenvalue weighted by Crippen LogP contribution is -2.38. The largest absolute Gasteiger partial charge is 0.507 e. The fourth-order valence-corrected chi connectivity index (χ4v) is 4.26. The monoisotopic (exact) mass is 305 g/mol. The maximum Gasteiger partial charge on any atom is 0.123 e. The van der Waals surface area contributed by atoms with Crippen molar-refractivity contribution in [3.8, 4) is 11.5 Å². The van der Waals surface area contributed by atoms with E-state index in [-0.39, 0.29) is 0 Å². The predicted molar refractivity (Wildman–Crippen MR) is 92.1 cm³/mol. The minimum atomic E-state index is -1.62. The van der Waals surface area contributed by atoms with Crippen LogP contribution in [0.1, 0.15) is 37.7 Å². The van der Waals surface area contributed by atoms with Crippen molar-refractivity contribution >= 4 is 19.5 Å². The molecular weight excluding hydrogens is 278 g/mol. The van der Waals surface area contributed by atoms with Crippen molar-refractivity contribution < 1.29 is 9.84 Å². The van der Waals surface area contributed by atoms with Crippen molar-refractivity contribution in [2.24, 2.45) is 4.99 Å². The lowest BCUT2D eigenvalue weighted by molar-refractivity contribution is 0.413. The number of hydrogen-bond donors (Lipinski definition) is 1. The normalized spacial score (nSPS) is 17.3. The molecule has 0 amide bonds. The molecule has 1 fully saturated rings. The van der Waals surface area contributed by atoms with Crippen LogP contribution in [0, 0.1) is 0 Å². The van der Waals surface area contributed by atoms with E-state index >= 15 is 0 Å². The van der Waals surface area contributed by atoms with E-state index in [1.807, 2.05) is 18.3 Å². The van der Waals surface area contributed by atoms with E-state index in [9.17, 15) is 5.11 Å². The van der Waals surface area contributed by atoms with Crippen LogP contribution in [0.5, 0.6) is 11.5 Å². The third-order valence-corrected chi connectivity index (χ3v) is 6.15. The van der Waals surface area contributed by atoms with Gasteiger partial charge in [0, 0.05) is 17.8 Å². The zero-order chi connectivity index (χ0) is 15.5. The number of phenols is 1. The highest BCUT2D eigenvalue weighted by Crippen LogP contribution is 2.25. The Bertz CT molecular complexity index is 514. The molecule has 0 unspecified atom stereocenters. The lowest BCUT2D eigenvalue weighted by atomic mass is 9.96. The molecule has 21 heavy (non-hydrogen) atoms. The zero-order valence-electron chi connectivity index (χ0n) is 13.6. The number of phenolic OH excluding ortho intramolecular Hbond substituents is 1. The third-order valence-electron chi connectivity index (χ3n) is 4.16. The summed E-state index contributed by atoms with van der Waals surface area (Å²) in [7, 11) is 0.0520. The van der Waals surface area contributed by atoms with Crippen molar-refractivity contribution in [2.75, 3.05) is 7.11 Å². The summed E-state index contributed by atoms with van der Waals surface area (Å²) in [6, 6.07) is 4.27. The first kappa shape index (κ1) is 16.1. The highest BCUT2D eigenvalue weighted by molar-refractivity contribution is 6.89. The van der Waals surface area contributed by atoms with Gasteiger partial charge in [0.1, 0.15) is 11.5 Å². The second-order valence-corrected chi connectivity index (χ2v) is 12.0. The quantitative estimate of drug-likeness (QED) is 0.681. The summed E-state index contributed by atoms with van der Waals surface area (Å²) in [6.45, 7) is 6.68. The Labute approximate surface area is 129 Å². The van der Waals surface area contributed by atoms with Crippen LogP contribution >= 0.6 is 0 Å². The van der Waals surface area contributed by atoms with Gasteiger partial charge in [-0.05, 0) is 30.2 Å². The van der Waals surface area contributed by atoms with Gasteiger partial charge in [-0.25, -0.2) is 0 Å². The first-order valence-corrected chi connectivity index (χ1v) is 11.4. The molecule has 0 atom stereocenters. The third kappa shape index (κ3) is 4.10. The Morgan fingerprint density at radius 1 is 1.19 bits per heavy atom. The first-order chi connectivity index (χ1) is 9.91. The summed E-state index contributed by atoms with van der Waals surface area (Å²) in [4.78, 5) is 4.69. The molecule has 0 saturated heterocycles. The van der Waals surface area contributed by atoms with Gasteiger partial charge in [-0.2, -0.15) is 0 Å². The summed E-state index contributed by atoms with van der Waals surface area (Å²) in [5, 5.41) is 11.6. The van der Waals surface area contributed by atoms with Crippen LogP contribution in [0.3, 0.4) is 0 Å². The molecule has 0 spiro atoms. The maximum atomic E-state index is 10.6. The zero-order valence-corrected chi connectivity index (χ0v) is 14.6. The number of benzene rings is 1. The van der Waals surface area contributed by atoms with Crippen molar-refractivity contribution in [1.82, 2.24) is 0 Å². The molecule has 1 aliphatic rings. The summed E-state index contributed by atoms with van der Waals surface area (Å²) in [5.41, 5.74) is 0.789. The molecule has 1 aliphatic carbocycles. The van der Waals surface area contributed by atoms with Crippen molar-refractivity contribution in [2.45, 2.75) is 57.8 Å². The van der Waals surface area contributed by atoms with Gasteiger partial charge in [0.25, 0.3) is 0 Å². The van der Waals surface area contributed by atoms with Gasteiger partial charge in [0.15, 0.2) is 0 Å². The predicted octanol–water partition coefficient (Wildman–Crippen LogP) is 3.70. The molecular formula is C17H27NO2Si. The van der Waals surface area contributed by atoms with E-state index in [4.69, 9.17) is 4.74 Å². The van der Waals surface area contributed by atoms with Gasteiger partial charge in [-0.3, -0.25) is 4.99 Å². The molecule has 0 aliphatic heterocycles. The average Bonchev–Trinajstić information content (AvgIpc) is 2.46. The average molecular weight is 305 g/mol. The minimum absolute atomic E-state index is 0.384. The van der Waals surface area contributed by atoms with Crippen molar-refractivity contribution in [3.05, 3.63) is 17.7 Å². The summed E-state index contributed by atoms with van der Waals surface area (Å²) in [6.07, 6.45) is 8.05. The number of methoxy groups -OCH3 is 1. The highest BCUT2D eigenvalue weighted by Gasteiger charge is 2.23. The lowest BCUT2D eigenvalue weighted by Gasteiger charge is -2.21. The Morgan fingerprint density at radius 2 is 1.86 bits per heavy atom. The number of rotatable bonds is 4. The molecule has 1 saturated carbocycles. The molecule has 0 bridgehead atoms. The van der Waals surface area contributed by atoms with Crippen LogP contribution in [0.25, 0.3) is 0 Å². The fourth-order valence-electron chi connectivity index (χ4n) is 2.83. The second-order valence-electron chi connectivity index (χ2n) is 6.93. The molecule has 0 aromatic heterocycles. The van der Waals surface area contributed by atoms with Gasteiger partial charge < -0.3 is 9.84 Å². The van der Waals surface area contributed by atoms with Crippen LogP contribution in [-0.4, -0.2) is 32.5 Å². The van der Waals surface area contributed by atoms with Gasteiger partial charge in [0.05, 0.1) is 15.2 Å². The molecule has 0 heterocycles. The molecule has 1 N–H and O–H groups in total. The van der Waals surface area contributed by atoms with E-state index in [1.165, 1.54) is 32.1 Å². The molecule has 0 radical (unpaired) electrons. The maximum absolute atomic E-state index is 10.6. The molecule has 3 nitrogen and oxygen atoms in total. The highest BCUT2D eigenvalue weighted by atomic mass is 28.3. The van der Waals surface area contributed by atoms with Crippen LogP contribution in [-0.2, 0) is 0 Å². The van der Waals surface area contributed by atoms with E-state index in [2.05, 4.69) is 24.6 Å². The molecule has 2 rings (SSSR count). The standard InChI is InChI=1S/C17H27NO2Si/c1-20-15-10-13(12-18-14-8-6-5-7-9-14)17(19)16(11-15)21(2,3)4/h10-12,14,19H,5-9H2,1-4H3. The van der Waals surface area contributed by atoms with Crippen LogP contribution in [0.15, 0.2) is 17.1 Å². The second kappa shape index (κ2) is 6.65. The van der Waals surface area contributed by atoms with E-state index in [0.717, 1.165) is 16.5 Å². The Balaban J connectivity index is 2.31. The van der Waals surface area contributed by atoms with E-state index < -0.39 is 8.07 Å². The topological polar surface area (TPSA) is 41.8 Å². The number of nitrogens with zero attached hydrogens (tertiary/aromatic N) is 1. The number of aromatic hydroxyl groups is 1. The summed E-state index contributed by atoms with van der Waals surface area (Å²) in [5.74, 6) is 1.19.